The van der Waals surface area contributed by atoms with Gasteiger partial charge in [-0.15, -0.1) is 11.8 Å². The quantitative estimate of drug-likeness (QED) is 0.0868. The topological polar surface area (TPSA) is 79.9 Å². The highest BCUT2D eigenvalue weighted by Crippen LogP contribution is 2.51. The van der Waals surface area contributed by atoms with Gasteiger partial charge in [-0.3, -0.25) is 10.1 Å². The van der Waals surface area contributed by atoms with Gasteiger partial charge in [-0.2, -0.15) is 0 Å². The fourth-order valence-electron chi connectivity index (χ4n) is 7.87. The second-order valence-corrected chi connectivity index (χ2v) is 17.0. The van der Waals surface area contributed by atoms with Crippen LogP contribution < -0.4 is 10.6 Å². The maximum Gasteiger partial charge on any atom is 0.409 e. The fraction of sp³-hybridized carbons (Fsp3) is 0.362. The molecule has 1 heterocycles. The zero-order valence-corrected chi connectivity index (χ0v) is 33.6. The van der Waals surface area contributed by atoms with Gasteiger partial charge < -0.3 is 19.7 Å². The van der Waals surface area contributed by atoms with Gasteiger partial charge in [0.15, 0.2) is 0 Å². The largest absolute Gasteiger partial charge is 0.444 e. The molecular weight excluding hydrogens is 703 g/mol. The number of piperazine rings is 1. The van der Waals surface area contributed by atoms with Crippen molar-refractivity contribution in [3.63, 3.8) is 0 Å². The van der Waals surface area contributed by atoms with E-state index in [1.54, 1.807) is 0 Å². The molecule has 55 heavy (non-hydrogen) atoms. The first kappa shape index (κ1) is 40.0. The Kier molecular flexibility index (Phi) is 13.0. The van der Waals surface area contributed by atoms with Crippen molar-refractivity contribution >= 4 is 34.5 Å². The molecule has 1 aliphatic heterocycles. The van der Waals surface area contributed by atoms with Gasteiger partial charge in [0, 0.05) is 36.9 Å². The molecule has 2 amide bonds. The maximum atomic E-state index is 15.1. The Hall–Kier alpha value is -4.63. The molecule has 7 nitrogen and oxygen atoms in total. The Labute approximate surface area is 331 Å². The Morgan fingerprint density at radius 1 is 0.818 bits per heavy atom. The van der Waals surface area contributed by atoms with Crippen LogP contribution in [0, 0.1) is 0 Å². The first-order chi connectivity index (χ1) is 26.6. The highest BCUT2D eigenvalue weighted by atomic mass is 32.2. The SMILES string of the molecule is CCCOCCC1(NC(=O)OC(C)(C)C)NCCN(C(=O)c2cccc3ccccc23)C1C[C@H](C)SC(c1ccccc1)(c1ccccc1)c1ccccc1. The van der Waals surface area contributed by atoms with Crippen molar-refractivity contribution in [2.45, 2.75) is 81.2 Å². The molecule has 1 fully saturated rings. The number of nitrogens with one attached hydrogen (secondary N) is 2. The number of alkyl carbamates (subject to hydrolysis) is 1. The van der Waals surface area contributed by atoms with Crippen LogP contribution in [0.25, 0.3) is 10.8 Å². The number of amides is 2. The third-order valence-electron chi connectivity index (χ3n) is 10.2. The minimum atomic E-state index is -1.04. The molecule has 6 rings (SSSR count). The van der Waals surface area contributed by atoms with Gasteiger partial charge >= 0.3 is 6.09 Å². The Balaban J connectivity index is 1.47. The normalized spacial score (nSPS) is 18.1. The molecule has 1 saturated heterocycles. The van der Waals surface area contributed by atoms with Crippen molar-refractivity contribution in [2.75, 3.05) is 26.3 Å². The van der Waals surface area contributed by atoms with E-state index in [9.17, 15) is 4.79 Å². The summed E-state index contributed by atoms with van der Waals surface area (Å²) in [5.74, 6) is -0.0641. The molecule has 2 unspecified atom stereocenters. The summed E-state index contributed by atoms with van der Waals surface area (Å²) in [6, 6.07) is 45.5. The second-order valence-electron chi connectivity index (χ2n) is 15.4. The molecule has 0 radical (unpaired) electrons. The Morgan fingerprint density at radius 2 is 1.38 bits per heavy atom. The van der Waals surface area contributed by atoms with Crippen molar-refractivity contribution in [1.82, 2.24) is 15.5 Å². The molecular formula is C47H55N3O4S. The average Bonchev–Trinajstić information content (AvgIpc) is 3.19. The number of fused-ring (bicyclic) bond motifs is 1. The Bertz CT molecular complexity index is 1900. The molecule has 8 heteroatoms. The van der Waals surface area contributed by atoms with Crippen molar-refractivity contribution in [3.05, 3.63) is 156 Å². The summed E-state index contributed by atoms with van der Waals surface area (Å²) in [5, 5.41) is 8.91. The van der Waals surface area contributed by atoms with Crippen molar-refractivity contribution < 1.29 is 19.1 Å². The third-order valence-corrected chi connectivity index (χ3v) is 11.9. The number of hydrogen-bond donors (Lipinski definition) is 2. The van der Waals surface area contributed by atoms with Crippen LogP contribution >= 0.6 is 11.8 Å². The monoisotopic (exact) mass is 757 g/mol. The summed E-state index contributed by atoms with van der Waals surface area (Å²) in [7, 11) is 0. The molecule has 3 atom stereocenters. The van der Waals surface area contributed by atoms with E-state index < -0.39 is 28.1 Å². The van der Waals surface area contributed by atoms with Crippen molar-refractivity contribution in [3.8, 4) is 0 Å². The fourth-order valence-corrected chi connectivity index (χ4v) is 9.57. The van der Waals surface area contributed by atoms with Crippen LogP contribution in [-0.4, -0.2) is 65.8 Å². The lowest BCUT2D eigenvalue weighted by atomic mass is 9.84. The summed E-state index contributed by atoms with van der Waals surface area (Å²) in [6.45, 7) is 11.9. The van der Waals surface area contributed by atoms with Crippen molar-refractivity contribution in [2.24, 2.45) is 0 Å². The average molecular weight is 758 g/mol. The van der Waals surface area contributed by atoms with Gasteiger partial charge in [-0.05, 0) is 67.1 Å². The molecule has 0 spiro atoms. The lowest BCUT2D eigenvalue weighted by Crippen LogP contribution is -2.75. The summed E-state index contributed by atoms with van der Waals surface area (Å²) in [5.41, 5.74) is 2.39. The number of rotatable bonds is 14. The highest BCUT2D eigenvalue weighted by Gasteiger charge is 2.50. The zero-order chi connectivity index (χ0) is 38.9. The molecule has 1 aliphatic rings. The summed E-state index contributed by atoms with van der Waals surface area (Å²) in [6.07, 6.45) is 1.34. The maximum absolute atomic E-state index is 15.1. The molecule has 0 aromatic heterocycles. The second kappa shape index (κ2) is 17.9. The number of benzene rings is 5. The van der Waals surface area contributed by atoms with Crippen LogP contribution in [-0.2, 0) is 14.2 Å². The zero-order valence-electron chi connectivity index (χ0n) is 32.8. The summed E-state index contributed by atoms with van der Waals surface area (Å²) in [4.78, 5) is 30.9. The van der Waals surface area contributed by atoms with Crippen molar-refractivity contribution in [1.29, 1.82) is 0 Å². The van der Waals surface area contributed by atoms with Gasteiger partial charge in [-0.25, -0.2) is 4.79 Å². The van der Waals surface area contributed by atoms with E-state index in [-0.39, 0.29) is 11.2 Å². The van der Waals surface area contributed by atoms with E-state index in [2.05, 4.69) is 115 Å². The molecule has 288 valence electrons. The van der Waals surface area contributed by atoms with Gasteiger partial charge in [0.1, 0.15) is 11.3 Å². The molecule has 0 bridgehead atoms. The van der Waals surface area contributed by atoms with Gasteiger partial charge in [0.05, 0.1) is 17.4 Å². The highest BCUT2D eigenvalue weighted by molar-refractivity contribution is 8.01. The predicted molar refractivity (Wildman–Crippen MR) is 225 cm³/mol. The minimum Gasteiger partial charge on any atom is -0.444 e. The van der Waals surface area contributed by atoms with Crippen LogP contribution in [0.15, 0.2) is 133 Å². The van der Waals surface area contributed by atoms with Gasteiger partial charge in [0.25, 0.3) is 5.91 Å². The number of carbonyl (C=O) groups is 2. The van der Waals surface area contributed by atoms with Crippen LogP contribution in [0.1, 0.15) is 80.9 Å². The van der Waals surface area contributed by atoms with Crippen LogP contribution in [0.2, 0.25) is 0 Å². The number of nitrogens with zero attached hydrogens (tertiary/aromatic N) is 1. The van der Waals surface area contributed by atoms with E-state index in [0.717, 1.165) is 17.2 Å². The number of thioether (sulfide) groups is 1. The summed E-state index contributed by atoms with van der Waals surface area (Å²) >= 11 is 1.88. The minimum absolute atomic E-state index is 0.0234. The molecule has 5 aromatic carbocycles. The van der Waals surface area contributed by atoms with Crippen LogP contribution in [0.3, 0.4) is 0 Å². The molecule has 2 N–H and O–H groups in total. The standard InChI is InChI=1S/C47H55N3O4S/c1-6-32-53-33-29-46(49-44(52)54-45(3,4)5)42(50(31-30-48-46)43(51)41-28-18-20-36-19-16-17-27-40(36)41)34-35(2)55-47(37-21-10-7-11-22-37,38-23-12-8-13-24-38)39-25-14-9-15-26-39/h7-28,35,42,48H,6,29-34H2,1-5H3,(H,49,52)/t35-,42?,46?/m0/s1. The first-order valence-corrected chi connectivity index (χ1v) is 20.4. The lowest BCUT2D eigenvalue weighted by Gasteiger charge is -2.52. The molecule has 5 aromatic rings. The van der Waals surface area contributed by atoms with Gasteiger partial charge in [-0.1, -0.05) is 141 Å². The smallest absolute Gasteiger partial charge is 0.409 e. The number of ether oxygens (including phenoxy) is 2. The molecule has 0 saturated carbocycles. The first-order valence-electron chi connectivity index (χ1n) is 19.5. The van der Waals surface area contributed by atoms with Gasteiger partial charge in [0.2, 0.25) is 0 Å². The Morgan fingerprint density at radius 3 is 1.96 bits per heavy atom. The predicted octanol–water partition coefficient (Wildman–Crippen LogP) is 9.80. The number of hydrogen-bond acceptors (Lipinski definition) is 6. The van der Waals surface area contributed by atoms with E-state index in [4.69, 9.17) is 9.47 Å². The summed E-state index contributed by atoms with van der Waals surface area (Å²) < 4.78 is 11.4. The van der Waals surface area contributed by atoms with E-state index in [0.29, 0.717) is 44.7 Å². The van der Waals surface area contributed by atoms with Crippen LogP contribution in [0.5, 0.6) is 0 Å². The van der Waals surface area contributed by atoms with E-state index in [1.165, 1.54) is 16.7 Å². The van der Waals surface area contributed by atoms with E-state index in [1.807, 2.05) is 79.9 Å². The van der Waals surface area contributed by atoms with Crippen LogP contribution in [0.4, 0.5) is 4.79 Å². The van der Waals surface area contributed by atoms with E-state index >= 15 is 4.79 Å². The molecule has 0 aliphatic carbocycles. The lowest BCUT2D eigenvalue weighted by molar-refractivity contribution is -0.00739. The third kappa shape index (κ3) is 9.26. The number of carbonyl (C=O) groups excluding carboxylic acids is 2.